The second-order valence-electron chi connectivity index (χ2n) is 4.19. The Morgan fingerprint density at radius 3 is 2.65 bits per heavy atom. The summed E-state index contributed by atoms with van der Waals surface area (Å²) in [5, 5.41) is 22.6. The molecule has 0 unspecified atom stereocenters. The third-order valence-corrected chi connectivity index (χ3v) is 2.77. The summed E-state index contributed by atoms with van der Waals surface area (Å²) < 4.78 is 13.2. The minimum Gasteiger partial charge on any atom is -0.354 e. The maximum atomic E-state index is 13.2. The topological polar surface area (TPSA) is 79.0 Å². The van der Waals surface area contributed by atoms with Crippen LogP contribution in [-0.4, -0.2) is 4.92 Å². The van der Waals surface area contributed by atoms with E-state index in [0.29, 0.717) is 16.9 Å². The number of hydrogen-bond acceptors (Lipinski definition) is 4. The van der Waals surface area contributed by atoms with Gasteiger partial charge in [0.2, 0.25) is 0 Å². The highest BCUT2D eigenvalue weighted by Crippen LogP contribution is 2.25. The minimum absolute atomic E-state index is 0.151. The fourth-order valence-electron chi connectivity index (χ4n) is 1.73. The molecule has 0 aliphatic heterocycles. The number of nitro benzene ring substituents is 1. The Bertz CT molecular complexity index is 723. The standard InChI is InChI=1S/C14H10FN3O2/c1-9-6-11(2-4-13(9)15)17-14-5-3-12(18(19)20)7-10(14)8-16/h2-7,17H,1H3. The number of halogens is 1. The van der Waals surface area contributed by atoms with Crippen molar-refractivity contribution in [1.82, 2.24) is 0 Å². The molecular formula is C14H10FN3O2. The molecule has 0 atom stereocenters. The summed E-state index contributed by atoms with van der Waals surface area (Å²) in [7, 11) is 0. The van der Waals surface area contributed by atoms with Crippen molar-refractivity contribution in [2.24, 2.45) is 0 Å². The Kier molecular flexibility index (Phi) is 3.62. The molecule has 2 aromatic carbocycles. The molecule has 0 aromatic heterocycles. The predicted octanol–water partition coefficient (Wildman–Crippen LogP) is 3.66. The van der Waals surface area contributed by atoms with Gasteiger partial charge in [0.05, 0.1) is 16.2 Å². The smallest absolute Gasteiger partial charge is 0.270 e. The van der Waals surface area contributed by atoms with Crippen LogP contribution >= 0.6 is 0 Å². The number of nitro groups is 1. The van der Waals surface area contributed by atoms with Crippen molar-refractivity contribution >= 4 is 17.1 Å². The molecule has 0 aliphatic carbocycles. The van der Waals surface area contributed by atoms with Crippen molar-refractivity contribution in [3.05, 3.63) is 63.5 Å². The summed E-state index contributed by atoms with van der Waals surface area (Å²) >= 11 is 0. The lowest BCUT2D eigenvalue weighted by Gasteiger charge is -2.09. The van der Waals surface area contributed by atoms with Gasteiger partial charge in [0.25, 0.3) is 5.69 Å². The molecule has 0 fully saturated rings. The van der Waals surface area contributed by atoms with Crippen LogP contribution in [0, 0.1) is 34.2 Å². The summed E-state index contributed by atoms with van der Waals surface area (Å²) in [6.45, 7) is 1.63. The van der Waals surface area contributed by atoms with Crippen molar-refractivity contribution in [3.63, 3.8) is 0 Å². The van der Waals surface area contributed by atoms with Crippen LogP contribution in [0.5, 0.6) is 0 Å². The average Bonchev–Trinajstić information content (AvgIpc) is 2.43. The molecular weight excluding hydrogens is 261 g/mol. The van der Waals surface area contributed by atoms with E-state index < -0.39 is 4.92 Å². The van der Waals surface area contributed by atoms with Crippen LogP contribution < -0.4 is 5.32 Å². The van der Waals surface area contributed by atoms with E-state index in [2.05, 4.69) is 5.32 Å². The molecule has 2 rings (SSSR count). The number of rotatable bonds is 3. The van der Waals surface area contributed by atoms with Crippen molar-refractivity contribution in [2.45, 2.75) is 6.92 Å². The largest absolute Gasteiger partial charge is 0.354 e. The van der Waals surface area contributed by atoms with Gasteiger partial charge in [0.15, 0.2) is 0 Å². The van der Waals surface area contributed by atoms with Crippen molar-refractivity contribution in [3.8, 4) is 6.07 Å². The molecule has 20 heavy (non-hydrogen) atoms. The summed E-state index contributed by atoms with van der Waals surface area (Å²) in [5.74, 6) is -0.320. The van der Waals surface area contributed by atoms with Gasteiger partial charge < -0.3 is 5.32 Å². The molecule has 0 radical (unpaired) electrons. The molecule has 0 bridgehead atoms. The first kappa shape index (κ1) is 13.5. The second-order valence-corrected chi connectivity index (χ2v) is 4.19. The summed E-state index contributed by atoms with van der Waals surface area (Å²) in [5.41, 5.74) is 1.51. The molecule has 0 saturated carbocycles. The maximum Gasteiger partial charge on any atom is 0.270 e. The molecule has 0 saturated heterocycles. The zero-order valence-electron chi connectivity index (χ0n) is 10.6. The van der Waals surface area contributed by atoms with Gasteiger partial charge in [-0.25, -0.2) is 4.39 Å². The van der Waals surface area contributed by atoms with Crippen LogP contribution in [0.25, 0.3) is 0 Å². The van der Waals surface area contributed by atoms with E-state index >= 15 is 0 Å². The fourth-order valence-corrected chi connectivity index (χ4v) is 1.73. The fraction of sp³-hybridized carbons (Fsp3) is 0.0714. The molecule has 0 aliphatic rings. The molecule has 2 aromatic rings. The number of nitrogens with zero attached hydrogens (tertiary/aromatic N) is 2. The number of hydrogen-bond donors (Lipinski definition) is 1. The van der Waals surface area contributed by atoms with Crippen molar-refractivity contribution in [2.75, 3.05) is 5.32 Å². The van der Waals surface area contributed by atoms with Gasteiger partial charge in [-0.2, -0.15) is 5.26 Å². The van der Waals surface area contributed by atoms with E-state index in [-0.39, 0.29) is 17.1 Å². The van der Waals surface area contributed by atoms with Crippen LogP contribution in [0.15, 0.2) is 36.4 Å². The number of anilines is 2. The van der Waals surface area contributed by atoms with E-state index in [1.807, 2.05) is 6.07 Å². The summed E-state index contributed by atoms with van der Waals surface area (Å²) in [4.78, 5) is 10.1. The lowest BCUT2D eigenvalue weighted by Crippen LogP contribution is -1.96. The monoisotopic (exact) mass is 271 g/mol. The molecule has 1 N–H and O–H groups in total. The third-order valence-electron chi connectivity index (χ3n) is 2.77. The van der Waals surface area contributed by atoms with Gasteiger partial charge in [-0.05, 0) is 36.8 Å². The Morgan fingerprint density at radius 2 is 2.05 bits per heavy atom. The van der Waals surface area contributed by atoms with Gasteiger partial charge in [-0.1, -0.05) is 0 Å². The molecule has 5 nitrogen and oxygen atoms in total. The number of non-ortho nitro benzene ring substituents is 1. The predicted molar refractivity (Wildman–Crippen MR) is 72.2 cm³/mol. The summed E-state index contributed by atoms with van der Waals surface area (Å²) in [6.07, 6.45) is 0. The number of nitrogens with one attached hydrogen (secondary N) is 1. The quantitative estimate of drug-likeness (QED) is 0.682. The summed E-state index contributed by atoms with van der Waals surface area (Å²) in [6, 6.07) is 10.3. The van der Waals surface area contributed by atoms with Gasteiger partial charge >= 0.3 is 0 Å². The Labute approximate surface area is 114 Å². The maximum absolute atomic E-state index is 13.2. The van der Waals surface area contributed by atoms with E-state index in [1.165, 1.54) is 30.3 Å². The van der Waals surface area contributed by atoms with E-state index in [1.54, 1.807) is 13.0 Å². The average molecular weight is 271 g/mol. The van der Waals surface area contributed by atoms with E-state index in [9.17, 15) is 14.5 Å². The lowest BCUT2D eigenvalue weighted by atomic mass is 10.1. The van der Waals surface area contributed by atoms with Crippen molar-refractivity contribution in [1.29, 1.82) is 5.26 Å². The van der Waals surface area contributed by atoms with Crippen LogP contribution in [-0.2, 0) is 0 Å². The first-order valence-corrected chi connectivity index (χ1v) is 5.73. The van der Waals surface area contributed by atoms with Crippen molar-refractivity contribution < 1.29 is 9.31 Å². The molecule has 6 heteroatoms. The molecule has 0 spiro atoms. The van der Waals surface area contributed by atoms with Crippen LogP contribution in [0.4, 0.5) is 21.5 Å². The first-order chi connectivity index (χ1) is 9.51. The Hall–Kier alpha value is -2.94. The number of nitriles is 1. The third kappa shape index (κ3) is 2.72. The highest BCUT2D eigenvalue weighted by molar-refractivity contribution is 5.68. The SMILES string of the molecule is Cc1cc(Nc2ccc([N+](=O)[O-])cc2C#N)ccc1F. The first-order valence-electron chi connectivity index (χ1n) is 5.73. The number of benzene rings is 2. The van der Waals surface area contributed by atoms with Gasteiger partial charge in [0, 0.05) is 17.8 Å². The Morgan fingerprint density at radius 1 is 1.30 bits per heavy atom. The number of aryl methyl sites for hydroxylation is 1. The van der Waals surface area contributed by atoms with Gasteiger partial charge in [-0.3, -0.25) is 10.1 Å². The van der Waals surface area contributed by atoms with Crippen LogP contribution in [0.1, 0.15) is 11.1 Å². The molecule has 0 amide bonds. The zero-order valence-corrected chi connectivity index (χ0v) is 10.6. The lowest BCUT2D eigenvalue weighted by molar-refractivity contribution is -0.384. The van der Waals surface area contributed by atoms with E-state index in [0.717, 1.165) is 0 Å². The Balaban J connectivity index is 2.36. The van der Waals surface area contributed by atoms with Gasteiger partial charge in [0.1, 0.15) is 11.9 Å². The van der Waals surface area contributed by atoms with Gasteiger partial charge in [-0.15, -0.1) is 0 Å². The van der Waals surface area contributed by atoms with Crippen LogP contribution in [0.3, 0.4) is 0 Å². The molecule has 100 valence electrons. The highest BCUT2D eigenvalue weighted by atomic mass is 19.1. The zero-order chi connectivity index (χ0) is 14.7. The second kappa shape index (κ2) is 5.36. The highest BCUT2D eigenvalue weighted by Gasteiger charge is 2.11. The molecule has 0 heterocycles. The minimum atomic E-state index is -0.563. The normalized spacial score (nSPS) is 9.85. The van der Waals surface area contributed by atoms with Crippen LogP contribution in [0.2, 0.25) is 0 Å². The van der Waals surface area contributed by atoms with E-state index in [4.69, 9.17) is 5.26 Å².